The summed E-state index contributed by atoms with van der Waals surface area (Å²) in [5.41, 5.74) is 2.54. The van der Waals surface area contributed by atoms with Gasteiger partial charge in [0.2, 0.25) is 0 Å². The number of ether oxygens (including phenoxy) is 1. The molecule has 0 N–H and O–H groups in total. The molecule has 1 aromatic carbocycles. The van der Waals surface area contributed by atoms with Crippen LogP contribution in [0.4, 0.5) is 0 Å². The van der Waals surface area contributed by atoms with Crippen molar-refractivity contribution in [3.8, 4) is 0 Å². The molecule has 0 spiro atoms. The minimum absolute atomic E-state index is 0.156. The number of benzene rings is 1. The molecule has 3 nitrogen and oxygen atoms in total. The fourth-order valence-corrected chi connectivity index (χ4v) is 2.77. The molecule has 2 aromatic rings. The summed E-state index contributed by atoms with van der Waals surface area (Å²) in [6, 6.07) is 9.04. The molecule has 0 fully saturated rings. The first-order chi connectivity index (χ1) is 9.90. The van der Waals surface area contributed by atoms with Crippen LogP contribution in [0, 0.1) is 13.8 Å². The Morgan fingerprint density at radius 1 is 1.24 bits per heavy atom. The van der Waals surface area contributed by atoms with Crippen molar-refractivity contribution in [2.45, 2.75) is 26.9 Å². The topological polar surface area (TPSA) is 39.2 Å². The van der Waals surface area contributed by atoms with Crippen LogP contribution in [-0.2, 0) is 4.74 Å². The van der Waals surface area contributed by atoms with E-state index in [-0.39, 0.29) is 5.15 Å². The number of nitrogens with zero attached hydrogens (tertiary/aromatic N) is 1. The Hall–Kier alpha value is -1.58. The molecule has 1 aromatic heterocycles. The van der Waals surface area contributed by atoms with E-state index in [0.29, 0.717) is 10.6 Å². The summed E-state index contributed by atoms with van der Waals surface area (Å²) in [7, 11) is 0. The maximum Gasteiger partial charge on any atom is 0.342 e. The number of hydrogen-bond donors (Lipinski definition) is 0. The maximum absolute atomic E-state index is 12.3. The van der Waals surface area contributed by atoms with Gasteiger partial charge in [0.25, 0.3) is 0 Å². The second-order valence-electron chi connectivity index (χ2n) is 4.82. The molecule has 0 saturated carbocycles. The molecule has 21 heavy (non-hydrogen) atoms. The molecule has 0 radical (unpaired) electrons. The van der Waals surface area contributed by atoms with Crippen molar-refractivity contribution < 1.29 is 9.53 Å². The van der Waals surface area contributed by atoms with Crippen molar-refractivity contribution in [3.63, 3.8) is 0 Å². The van der Waals surface area contributed by atoms with Crippen LogP contribution in [0.1, 0.15) is 40.2 Å². The fourth-order valence-electron chi connectivity index (χ4n) is 2.12. The van der Waals surface area contributed by atoms with E-state index in [2.05, 4.69) is 4.98 Å². The zero-order valence-corrected chi connectivity index (χ0v) is 13.5. The van der Waals surface area contributed by atoms with E-state index in [1.807, 2.05) is 25.1 Å². The average molecular weight is 324 g/mol. The number of aromatic nitrogens is 1. The van der Waals surface area contributed by atoms with Gasteiger partial charge in [-0.2, -0.15) is 0 Å². The largest absolute Gasteiger partial charge is 0.454 e. The lowest BCUT2D eigenvalue weighted by molar-refractivity contribution is 0.0337. The van der Waals surface area contributed by atoms with Gasteiger partial charge in [-0.3, -0.25) is 0 Å². The first-order valence-corrected chi connectivity index (χ1v) is 7.25. The Bertz CT molecular complexity index is 663. The molecule has 1 atom stereocenters. The van der Waals surface area contributed by atoms with E-state index in [1.165, 1.54) is 0 Å². The van der Waals surface area contributed by atoms with E-state index >= 15 is 0 Å². The van der Waals surface area contributed by atoms with Crippen LogP contribution in [-0.4, -0.2) is 11.0 Å². The molecule has 0 aliphatic rings. The van der Waals surface area contributed by atoms with Gasteiger partial charge in [-0.25, -0.2) is 9.78 Å². The lowest BCUT2D eigenvalue weighted by Gasteiger charge is -2.16. The standard InChI is InChI=1S/C16H15Cl2NO2/c1-9-8-10(2)19-15(18)14(9)16(20)21-11(3)12-6-4-5-7-13(12)17/h4-8,11H,1-3H3/t11-/m0/s1. The maximum atomic E-state index is 12.3. The summed E-state index contributed by atoms with van der Waals surface area (Å²) < 4.78 is 5.46. The second kappa shape index (κ2) is 6.46. The number of halogens is 2. The fraction of sp³-hybridized carbons (Fsp3) is 0.250. The number of hydrogen-bond acceptors (Lipinski definition) is 3. The first kappa shape index (κ1) is 15.8. The van der Waals surface area contributed by atoms with Crippen LogP contribution < -0.4 is 0 Å². The van der Waals surface area contributed by atoms with Crippen LogP contribution in [0.15, 0.2) is 30.3 Å². The van der Waals surface area contributed by atoms with E-state index in [1.54, 1.807) is 26.0 Å². The van der Waals surface area contributed by atoms with Gasteiger partial charge in [0.15, 0.2) is 0 Å². The van der Waals surface area contributed by atoms with Gasteiger partial charge in [0, 0.05) is 16.3 Å². The molecule has 1 heterocycles. The lowest BCUT2D eigenvalue weighted by atomic mass is 10.1. The Morgan fingerprint density at radius 3 is 2.52 bits per heavy atom. The number of esters is 1. The zero-order chi connectivity index (χ0) is 15.6. The molecule has 0 aliphatic carbocycles. The molecule has 0 bridgehead atoms. The molecule has 0 unspecified atom stereocenters. The molecule has 2 rings (SSSR count). The monoisotopic (exact) mass is 323 g/mol. The summed E-state index contributed by atoms with van der Waals surface area (Å²) in [5, 5.41) is 0.714. The number of aryl methyl sites for hydroxylation is 2. The Morgan fingerprint density at radius 2 is 1.90 bits per heavy atom. The predicted molar refractivity (Wildman–Crippen MR) is 84.0 cm³/mol. The van der Waals surface area contributed by atoms with Crippen molar-refractivity contribution in [2.24, 2.45) is 0 Å². The van der Waals surface area contributed by atoms with Gasteiger partial charge >= 0.3 is 5.97 Å². The van der Waals surface area contributed by atoms with Gasteiger partial charge < -0.3 is 4.74 Å². The van der Waals surface area contributed by atoms with Gasteiger partial charge in [-0.05, 0) is 38.5 Å². The van der Waals surface area contributed by atoms with Crippen molar-refractivity contribution in [3.05, 3.63) is 62.9 Å². The van der Waals surface area contributed by atoms with Crippen LogP contribution >= 0.6 is 23.2 Å². The van der Waals surface area contributed by atoms with E-state index in [4.69, 9.17) is 27.9 Å². The van der Waals surface area contributed by atoms with Crippen LogP contribution in [0.5, 0.6) is 0 Å². The Kier molecular flexibility index (Phi) is 4.86. The van der Waals surface area contributed by atoms with Crippen molar-refractivity contribution in [1.82, 2.24) is 4.98 Å². The van der Waals surface area contributed by atoms with Gasteiger partial charge in [-0.15, -0.1) is 0 Å². The Labute approximate surface area is 133 Å². The zero-order valence-electron chi connectivity index (χ0n) is 12.0. The van der Waals surface area contributed by atoms with E-state index in [0.717, 1.165) is 16.8 Å². The number of carbonyl (C=O) groups excluding carboxylic acids is 1. The highest BCUT2D eigenvalue weighted by molar-refractivity contribution is 6.32. The van der Waals surface area contributed by atoms with Crippen molar-refractivity contribution in [1.29, 1.82) is 0 Å². The summed E-state index contributed by atoms with van der Waals surface area (Å²) in [6.07, 6.45) is -0.469. The number of rotatable bonds is 3. The highest BCUT2D eigenvalue weighted by Gasteiger charge is 2.21. The summed E-state index contributed by atoms with van der Waals surface area (Å²) >= 11 is 12.2. The molecular formula is C16H15Cl2NO2. The van der Waals surface area contributed by atoms with Crippen LogP contribution in [0.2, 0.25) is 10.2 Å². The highest BCUT2D eigenvalue weighted by atomic mass is 35.5. The van der Waals surface area contributed by atoms with Gasteiger partial charge in [-0.1, -0.05) is 41.4 Å². The smallest absolute Gasteiger partial charge is 0.342 e. The normalized spacial score (nSPS) is 12.0. The molecule has 0 amide bonds. The SMILES string of the molecule is Cc1cc(C)c(C(=O)O[C@@H](C)c2ccccc2Cl)c(Cl)n1. The quantitative estimate of drug-likeness (QED) is 0.594. The second-order valence-corrected chi connectivity index (χ2v) is 5.58. The highest BCUT2D eigenvalue weighted by Crippen LogP contribution is 2.27. The minimum atomic E-state index is -0.502. The van der Waals surface area contributed by atoms with Gasteiger partial charge in [0.05, 0.1) is 5.56 Å². The van der Waals surface area contributed by atoms with E-state index < -0.39 is 12.1 Å². The van der Waals surface area contributed by atoms with Crippen LogP contribution in [0.3, 0.4) is 0 Å². The molecular weight excluding hydrogens is 309 g/mol. The third kappa shape index (κ3) is 3.55. The molecule has 0 aliphatic heterocycles. The summed E-state index contributed by atoms with van der Waals surface area (Å²) in [6.45, 7) is 5.39. The van der Waals surface area contributed by atoms with Crippen molar-refractivity contribution >= 4 is 29.2 Å². The first-order valence-electron chi connectivity index (χ1n) is 6.49. The predicted octanol–water partition coefficient (Wildman–Crippen LogP) is 4.92. The van der Waals surface area contributed by atoms with Gasteiger partial charge in [0.1, 0.15) is 11.3 Å². The number of carbonyl (C=O) groups is 1. The minimum Gasteiger partial charge on any atom is -0.454 e. The van der Waals surface area contributed by atoms with Crippen LogP contribution in [0.25, 0.3) is 0 Å². The number of pyridine rings is 1. The van der Waals surface area contributed by atoms with E-state index in [9.17, 15) is 4.79 Å². The summed E-state index contributed by atoms with van der Waals surface area (Å²) in [4.78, 5) is 16.4. The lowest BCUT2D eigenvalue weighted by Crippen LogP contribution is -2.12. The summed E-state index contributed by atoms with van der Waals surface area (Å²) in [5.74, 6) is -0.502. The molecule has 110 valence electrons. The Balaban J connectivity index is 2.25. The molecule has 5 heteroatoms. The third-order valence-corrected chi connectivity index (χ3v) is 3.75. The van der Waals surface area contributed by atoms with Crippen molar-refractivity contribution in [2.75, 3.05) is 0 Å². The average Bonchev–Trinajstić information content (AvgIpc) is 2.37. The third-order valence-electron chi connectivity index (χ3n) is 3.13. The molecule has 0 saturated heterocycles.